The lowest BCUT2D eigenvalue weighted by atomic mass is 10.2. The predicted molar refractivity (Wildman–Crippen MR) is 74.9 cm³/mol. The van der Waals surface area contributed by atoms with E-state index in [1.165, 1.54) is 12.1 Å². The molecule has 0 amide bonds. The molecule has 1 aromatic rings. The van der Waals surface area contributed by atoms with Crippen molar-refractivity contribution in [3.63, 3.8) is 0 Å². The Kier molecular flexibility index (Phi) is 3.26. The third-order valence-corrected chi connectivity index (χ3v) is 3.60. The minimum atomic E-state index is -0.215. The van der Waals surface area contributed by atoms with Crippen LogP contribution in [0.15, 0.2) is 48.1 Å². The van der Waals surface area contributed by atoms with Gasteiger partial charge in [-0.25, -0.2) is 4.39 Å². The Morgan fingerprint density at radius 3 is 2.65 bits per heavy atom. The molecule has 3 rings (SSSR count). The summed E-state index contributed by atoms with van der Waals surface area (Å²) in [7, 11) is 1.94. The van der Waals surface area contributed by atoms with Crippen LogP contribution in [0.25, 0.3) is 0 Å². The van der Waals surface area contributed by atoms with E-state index in [1.54, 1.807) is 18.3 Å². The quantitative estimate of drug-likeness (QED) is 0.895. The number of halogens is 1. The summed E-state index contributed by atoms with van der Waals surface area (Å²) in [4.78, 5) is 6.26. The van der Waals surface area contributed by atoms with Gasteiger partial charge < -0.3 is 19.8 Å². The van der Waals surface area contributed by atoms with E-state index in [1.807, 2.05) is 18.1 Å². The van der Waals surface area contributed by atoms with Crippen molar-refractivity contribution in [3.05, 3.63) is 59.5 Å². The van der Waals surface area contributed by atoms with E-state index in [4.69, 9.17) is 0 Å². The number of aliphatic hydroxyl groups excluding tert-OH is 1. The Balaban J connectivity index is 1.76. The van der Waals surface area contributed by atoms with Gasteiger partial charge in [0.15, 0.2) is 5.76 Å². The molecule has 2 heterocycles. The molecule has 0 aromatic heterocycles. The molecule has 0 saturated carbocycles. The van der Waals surface area contributed by atoms with Crippen LogP contribution in [0.4, 0.5) is 4.39 Å². The van der Waals surface area contributed by atoms with Crippen LogP contribution in [-0.2, 0) is 6.54 Å². The van der Waals surface area contributed by atoms with Gasteiger partial charge in [-0.15, -0.1) is 0 Å². The molecule has 0 atom stereocenters. The number of nitrogens with zero attached hydrogens (tertiary/aromatic N) is 3. The van der Waals surface area contributed by atoms with E-state index < -0.39 is 0 Å². The number of rotatable bonds is 2. The number of aliphatic hydroxyl groups is 1. The average Bonchev–Trinajstić information content (AvgIpc) is 2.42. The Bertz CT molecular complexity index is 553. The zero-order chi connectivity index (χ0) is 14.1. The first kappa shape index (κ1) is 12.8. The maximum atomic E-state index is 12.9. The van der Waals surface area contributed by atoms with E-state index in [9.17, 15) is 9.50 Å². The van der Waals surface area contributed by atoms with E-state index >= 15 is 0 Å². The van der Waals surface area contributed by atoms with Crippen LogP contribution in [-0.4, -0.2) is 46.6 Å². The van der Waals surface area contributed by atoms with Gasteiger partial charge in [-0.05, 0) is 17.7 Å². The molecule has 2 aliphatic heterocycles. The molecule has 0 aliphatic carbocycles. The highest BCUT2D eigenvalue weighted by Gasteiger charge is 2.24. The van der Waals surface area contributed by atoms with Crippen molar-refractivity contribution in [1.29, 1.82) is 0 Å². The molecule has 0 spiro atoms. The molecule has 0 fully saturated rings. The molecule has 0 unspecified atom stereocenters. The fourth-order valence-corrected chi connectivity index (χ4v) is 2.60. The first-order valence-electron chi connectivity index (χ1n) is 6.68. The van der Waals surface area contributed by atoms with Crippen molar-refractivity contribution in [2.75, 3.05) is 26.8 Å². The fraction of sp³-hybridized carbons (Fsp3) is 0.333. The zero-order valence-electron chi connectivity index (χ0n) is 11.5. The summed E-state index contributed by atoms with van der Waals surface area (Å²) in [5.41, 5.74) is 1.92. The highest BCUT2D eigenvalue weighted by atomic mass is 19.1. The summed E-state index contributed by atoms with van der Waals surface area (Å²) >= 11 is 0. The average molecular weight is 275 g/mol. The third-order valence-electron chi connectivity index (χ3n) is 3.60. The largest absolute Gasteiger partial charge is 0.504 e. The number of hydrogen-bond acceptors (Lipinski definition) is 4. The first-order chi connectivity index (χ1) is 9.61. The van der Waals surface area contributed by atoms with E-state index in [0.717, 1.165) is 37.6 Å². The Hall–Kier alpha value is -2.17. The summed E-state index contributed by atoms with van der Waals surface area (Å²) in [6.07, 6.45) is 3.72. The Labute approximate surface area is 118 Å². The summed E-state index contributed by atoms with van der Waals surface area (Å²) < 4.78 is 12.9. The third kappa shape index (κ3) is 2.57. The van der Waals surface area contributed by atoms with E-state index in [0.29, 0.717) is 5.76 Å². The van der Waals surface area contributed by atoms with E-state index in [-0.39, 0.29) is 5.82 Å². The van der Waals surface area contributed by atoms with Gasteiger partial charge in [0.2, 0.25) is 0 Å². The molecule has 0 radical (unpaired) electrons. The molecular formula is C15H18FN3O. The highest BCUT2D eigenvalue weighted by molar-refractivity contribution is 5.27. The topological polar surface area (TPSA) is 30.0 Å². The van der Waals surface area contributed by atoms with Crippen LogP contribution in [0, 0.1) is 5.82 Å². The standard InChI is InChI=1S/C15H18FN3O/c1-17-10-15(20)14-9-18(6-7-19(14)11-17)8-12-2-4-13(16)5-3-12/h2-5,9-10,20H,6-8,11H2,1H3. The second-order valence-corrected chi connectivity index (χ2v) is 5.29. The number of benzene rings is 1. The van der Waals surface area contributed by atoms with Crippen molar-refractivity contribution in [2.45, 2.75) is 6.54 Å². The van der Waals surface area contributed by atoms with Gasteiger partial charge in [0.25, 0.3) is 0 Å². The van der Waals surface area contributed by atoms with Crippen molar-refractivity contribution in [1.82, 2.24) is 14.7 Å². The van der Waals surface area contributed by atoms with Crippen LogP contribution >= 0.6 is 0 Å². The smallest absolute Gasteiger partial charge is 0.156 e. The normalized spacial score (nSPS) is 18.6. The summed E-state index contributed by atoms with van der Waals surface area (Å²) in [6, 6.07) is 6.55. The first-order valence-corrected chi connectivity index (χ1v) is 6.68. The molecule has 1 aromatic carbocycles. The summed E-state index contributed by atoms with van der Waals surface area (Å²) in [5.74, 6) is 0.0791. The van der Waals surface area contributed by atoms with Crippen molar-refractivity contribution in [3.8, 4) is 0 Å². The van der Waals surface area contributed by atoms with Crippen molar-refractivity contribution in [2.24, 2.45) is 0 Å². The van der Waals surface area contributed by atoms with Gasteiger partial charge in [0.05, 0.1) is 12.4 Å². The van der Waals surface area contributed by atoms with Crippen LogP contribution in [0.2, 0.25) is 0 Å². The molecular weight excluding hydrogens is 257 g/mol. The van der Waals surface area contributed by atoms with Crippen LogP contribution in [0.3, 0.4) is 0 Å². The SMILES string of the molecule is CN1C=C(O)C2=CN(Cc3ccc(F)cc3)CCN2C1. The van der Waals surface area contributed by atoms with Gasteiger partial charge in [-0.1, -0.05) is 12.1 Å². The monoisotopic (exact) mass is 275 g/mol. The summed E-state index contributed by atoms with van der Waals surface area (Å²) in [5, 5.41) is 10.0. The predicted octanol–water partition coefficient (Wildman–Crippen LogP) is 2.09. The minimum Gasteiger partial charge on any atom is -0.504 e. The maximum Gasteiger partial charge on any atom is 0.156 e. The van der Waals surface area contributed by atoms with Crippen LogP contribution < -0.4 is 0 Å². The van der Waals surface area contributed by atoms with Gasteiger partial charge >= 0.3 is 0 Å². The lowest BCUT2D eigenvalue weighted by Gasteiger charge is -2.40. The van der Waals surface area contributed by atoms with Crippen LogP contribution in [0.5, 0.6) is 0 Å². The number of hydrogen-bond donors (Lipinski definition) is 1. The molecule has 2 aliphatic rings. The summed E-state index contributed by atoms with van der Waals surface area (Å²) in [6.45, 7) is 3.28. The Morgan fingerprint density at radius 2 is 1.90 bits per heavy atom. The second-order valence-electron chi connectivity index (χ2n) is 5.29. The van der Waals surface area contributed by atoms with Gasteiger partial charge in [-0.3, -0.25) is 0 Å². The van der Waals surface area contributed by atoms with Gasteiger partial charge in [0.1, 0.15) is 5.82 Å². The number of fused-ring (bicyclic) bond motifs is 1. The molecule has 0 bridgehead atoms. The van der Waals surface area contributed by atoms with Crippen molar-refractivity contribution < 1.29 is 9.50 Å². The molecule has 20 heavy (non-hydrogen) atoms. The second kappa shape index (κ2) is 5.07. The van der Waals surface area contributed by atoms with Crippen LogP contribution in [0.1, 0.15) is 5.56 Å². The Morgan fingerprint density at radius 1 is 1.15 bits per heavy atom. The fourth-order valence-electron chi connectivity index (χ4n) is 2.60. The van der Waals surface area contributed by atoms with E-state index in [2.05, 4.69) is 9.80 Å². The van der Waals surface area contributed by atoms with Crippen molar-refractivity contribution >= 4 is 0 Å². The van der Waals surface area contributed by atoms with Gasteiger partial charge in [0, 0.05) is 39.1 Å². The molecule has 4 nitrogen and oxygen atoms in total. The maximum absolute atomic E-state index is 12.9. The molecule has 0 saturated heterocycles. The lowest BCUT2D eigenvalue weighted by molar-refractivity contribution is 0.152. The molecule has 5 heteroatoms. The minimum absolute atomic E-state index is 0.215. The van der Waals surface area contributed by atoms with Gasteiger partial charge in [-0.2, -0.15) is 0 Å². The molecule has 106 valence electrons. The molecule has 1 N–H and O–H groups in total. The zero-order valence-corrected chi connectivity index (χ0v) is 11.5. The highest BCUT2D eigenvalue weighted by Crippen LogP contribution is 2.23. The lowest BCUT2D eigenvalue weighted by Crippen LogP contribution is -2.45.